The second kappa shape index (κ2) is 6.65. The van der Waals surface area contributed by atoms with Crippen molar-refractivity contribution in [3.63, 3.8) is 0 Å². The lowest BCUT2D eigenvalue weighted by molar-refractivity contribution is -0.145. The van der Waals surface area contributed by atoms with Crippen molar-refractivity contribution >= 4 is 35.0 Å². The number of phenolic OH excluding ortho intramolecular Hbond substituents is 1. The molecule has 1 aromatic carbocycles. The van der Waals surface area contributed by atoms with Gasteiger partial charge in [-0.25, -0.2) is 0 Å². The fourth-order valence-corrected chi connectivity index (χ4v) is 2.32. The quantitative estimate of drug-likeness (QED) is 0.587. The standard InChI is InChI=1S/C14H16ClN3O4/c1-9(19)17-4-6-18(7-5-17)14(22)13(21)16-11-8-10(15)2-3-12(11)20/h2-3,8,20H,4-7H2,1H3,(H,16,21). The van der Waals surface area contributed by atoms with Crippen LogP contribution in [0, 0.1) is 0 Å². The number of anilines is 1. The third-order valence-corrected chi connectivity index (χ3v) is 3.65. The molecule has 0 unspecified atom stereocenters. The van der Waals surface area contributed by atoms with Gasteiger partial charge >= 0.3 is 11.8 Å². The molecule has 1 fully saturated rings. The van der Waals surface area contributed by atoms with Gasteiger partial charge in [0, 0.05) is 38.1 Å². The van der Waals surface area contributed by atoms with E-state index in [1.807, 2.05) is 0 Å². The minimum Gasteiger partial charge on any atom is -0.506 e. The van der Waals surface area contributed by atoms with Gasteiger partial charge in [0.2, 0.25) is 5.91 Å². The van der Waals surface area contributed by atoms with Crippen molar-refractivity contribution in [2.45, 2.75) is 6.92 Å². The van der Waals surface area contributed by atoms with E-state index in [4.69, 9.17) is 11.6 Å². The highest BCUT2D eigenvalue weighted by Gasteiger charge is 2.27. The highest BCUT2D eigenvalue weighted by atomic mass is 35.5. The summed E-state index contributed by atoms with van der Waals surface area (Å²) in [5, 5.41) is 12.3. The van der Waals surface area contributed by atoms with Gasteiger partial charge in [-0.3, -0.25) is 14.4 Å². The van der Waals surface area contributed by atoms with Crippen LogP contribution in [0.5, 0.6) is 5.75 Å². The number of nitrogens with zero attached hydrogens (tertiary/aromatic N) is 2. The zero-order valence-corrected chi connectivity index (χ0v) is 12.8. The molecule has 0 bridgehead atoms. The van der Waals surface area contributed by atoms with Crippen LogP contribution in [-0.2, 0) is 14.4 Å². The van der Waals surface area contributed by atoms with E-state index in [0.29, 0.717) is 31.2 Å². The molecule has 0 saturated carbocycles. The van der Waals surface area contributed by atoms with Crippen LogP contribution >= 0.6 is 11.6 Å². The van der Waals surface area contributed by atoms with E-state index in [1.54, 1.807) is 4.90 Å². The Hall–Kier alpha value is -2.28. The molecule has 1 heterocycles. The van der Waals surface area contributed by atoms with Gasteiger partial charge in [0.25, 0.3) is 0 Å². The normalized spacial score (nSPS) is 14.6. The zero-order valence-electron chi connectivity index (χ0n) is 12.0. The van der Waals surface area contributed by atoms with E-state index < -0.39 is 11.8 Å². The van der Waals surface area contributed by atoms with E-state index in [1.165, 1.54) is 30.0 Å². The second-order valence-corrected chi connectivity index (χ2v) is 5.35. The molecular formula is C14H16ClN3O4. The van der Waals surface area contributed by atoms with Crippen LogP contribution in [0.4, 0.5) is 5.69 Å². The number of benzene rings is 1. The molecule has 1 saturated heterocycles. The van der Waals surface area contributed by atoms with Gasteiger partial charge in [0.05, 0.1) is 5.69 Å². The van der Waals surface area contributed by atoms with Gasteiger partial charge in [0.15, 0.2) is 0 Å². The van der Waals surface area contributed by atoms with Crippen molar-refractivity contribution in [1.29, 1.82) is 0 Å². The van der Waals surface area contributed by atoms with E-state index in [2.05, 4.69) is 5.32 Å². The predicted molar refractivity (Wildman–Crippen MR) is 80.6 cm³/mol. The first-order valence-electron chi connectivity index (χ1n) is 6.73. The number of amides is 3. The monoisotopic (exact) mass is 325 g/mol. The summed E-state index contributed by atoms with van der Waals surface area (Å²) in [6.07, 6.45) is 0. The SMILES string of the molecule is CC(=O)N1CCN(C(=O)C(=O)Nc2cc(Cl)ccc2O)CC1. The molecule has 8 heteroatoms. The first-order valence-corrected chi connectivity index (χ1v) is 7.10. The lowest BCUT2D eigenvalue weighted by Gasteiger charge is -2.33. The summed E-state index contributed by atoms with van der Waals surface area (Å²) < 4.78 is 0. The molecule has 0 spiro atoms. The second-order valence-electron chi connectivity index (χ2n) is 4.91. The molecule has 0 aliphatic carbocycles. The van der Waals surface area contributed by atoms with Crippen LogP contribution in [0.3, 0.4) is 0 Å². The van der Waals surface area contributed by atoms with Gasteiger partial charge in [-0.15, -0.1) is 0 Å². The maximum Gasteiger partial charge on any atom is 0.314 e. The van der Waals surface area contributed by atoms with Crippen LogP contribution in [0.15, 0.2) is 18.2 Å². The number of phenols is 1. The molecular weight excluding hydrogens is 310 g/mol. The Morgan fingerprint density at radius 2 is 1.73 bits per heavy atom. The fraction of sp³-hybridized carbons (Fsp3) is 0.357. The molecule has 2 N–H and O–H groups in total. The lowest BCUT2D eigenvalue weighted by Crippen LogP contribution is -2.52. The summed E-state index contributed by atoms with van der Waals surface area (Å²) in [5.41, 5.74) is 0.0771. The van der Waals surface area contributed by atoms with E-state index >= 15 is 0 Å². The summed E-state index contributed by atoms with van der Waals surface area (Å²) in [6.45, 7) is 2.86. The number of piperazine rings is 1. The van der Waals surface area contributed by atoms with Gasteiger partial charge in [-0.1, -0.05) is 11.6 Å². The summed E-state index contributed by atoms with van der Waals surface area (Å²) in [6, 6.07) is 4.15. The first kappa shape index (κ1) is 16.1. The van der Waals surface area contributed by atoms with Crippen LogP contribution in [-0.4, -0.2) is 58.8 Å². The molecule has 2 rings (SSSR count). The van der Waals surface area contributed by atoms with E-state index in [0.717, 1.165) is 0 Å². The smallest absolute Gasteiger partial charge is 0.314 e. The number of aromatic hydroxyl groups is 1. The number of nitrogens with one attached hydrogen (secondary N) is 1. The van der Waals surface area contributed by atoms with Crippen molar-refractivity contribution in [3.05, 3.63) is 23.2 Å². The number of hydrogen-bond donors (Lipinski definition) is 2. The average Bonchev–Trinajstić information content (AvgIpc) is 2.50. The maximum atomic E-state index is 12.1. The number of halogens is 1. The molecule has 118 valence electrons. The number of rotatable bonds is 1. The van der Waals surface area contributed by atoms with Crippen molar-refractivity contribution < 1.29 is 19.5 Å². The Labute approximate surface area is 132 Å². The predicted octanol–water partition coefficient (Wildman–Crippen LogP) is 0.675. The summed E-state index contributed by atoms with van der Waals surface area (Å²) in [5.74, 6) is -1.79. The Kier molecular flexibility index (Phi) is 4.87. The van der Waals surface area contributed by atoms with Crippen molar-refractivity contribution in [1.82, 2.24) is 9.80 Å². The Bertz CT molecular complexity index is 612. The molecule has 1 aliphatic heterocycles. The van der Waals surface area contributed by atoms with Crippen LogP contribution in [0.25, 0.3) is 0 Å². The average molecular weight is 326 g/mol. The fourth-order valence-electron chi connectivity index (χ4n) is 2.15. The van der Waals surface area contributed by atoms with Crippen molar-refractivity contribution in [3.8, 4) is 5.75 Å². The molecule has 1 aliphatic rings. The minimum absolute atomic E-state index is 0.0552. The van der Waals surface area contributed by atoms with Crippen LogP contribution in [0.2, 0.25) is 5.02 Å². The Morgan fingerprint density at radius 1 is 1.14 bits per heavy atom. The highest BCUT2D eigenvalue weighted by molar-refractivity contribution is 6.40. The maximum absolute atomic E-state index is 12.1. The Balaban J connectivity index is 1.97. The number of carbonyl (C=O) groups excluding carboxylic acids is 3. The largest absolute Gasteiger partial charge is 0.506 e. The third-order valence-electron chi connectivity index (χ3n) is 3.41. The van der Waals surface area contributed by atoms with Crippen molar-refractivity contribution in [2.24, 2.45) is 0 Å². The third kappa shape index (κ3) is 3.67. The van der Waals surface area contributed by atoms with Crippen LogP contribution in [0.1, 0.15) is 6.92 Å². The van der Waals surface area contributed by atoms with Gasteiger partial charge in [0.1, 0.15) is 5.75 Å². The molecule has 1 aromatic rings. The number of hydrogen-bond acceptors (Lipinski definition) is 4. The molecule has 7 nitrogen and oxygen atoms in total. The molecule has 3 amide bonds. The molecule has 0 radical (unpaired) electrons. The van der Waals surface area contributed by atoms with E-state index in [9.17, 15) is 19.5 Å². The Morgan fingerprint density at radius 3 is 2.32 bits per heavy atom. The van der Waals surface area contributed by atoms with Crippen molar-refractivity contribution in [2.75, 3.05) is 31.5 Å². The van der Waals surface area contributed by atoms with Gasteiger partial charge < -0.3 is 20.2 Å². The van der Waals surface area contributed by atoms with Gasteiger partial charge in [-0.2, -0.15) is 0 Å². The number of carbonyl (C=O) groups is 3. The molecule has 22 heavy (non-hydrogen) atoms. The van der Waals surface area contributed by atoms with E-state index in [-0.39, 0.29) is 17.3 Å². The highest BCUT2D eigenvalue weighted by Crippen LogP contribution is 2.26. The summed E-state index contributed by atoms with van der Waals surface area (Å²) >= 11 is 5.78. The topological polar surface area (TPSA) is 90.0 Å². The molecule has 0 aromatic heterocycles. The molecule has 0 atom stereocenters. The summed E-state index contributed by atoms with van der Waals surface area (Å²) in [7, 11) is 0. The lowest BCUT2D eigenvalue weighted by atomic mass is 10.2. The zero-order chi connectivity index (χ0) is 16.3. The van der Waals surface area contributed by atoms with Gasteiger partial charge in [-0.05, 0) is 18.2 Å². The first-order chi connectivity index (χ1) is 10.4. The minimum atomic E-state index is -0.853. The van der Waals surface area contributed by atoms with Crippen LogP contribution < -0.4 is 5.32 Å². The summed E-state index contributed by atoms with van der Waals surface area (Å²) in [4.78, 5) is 38.2.